The summed E-state index contributed by atoms with van der Waals surface area (Å²) in [6.07, 6.45) is -1.18. The Labute approximate surface area is 133 Å². The number of carbonyl (C=O) groups excluding carboxylic acids is 2. The Morgan fingerprint density at radius 2 is 2.05 bits per heavy atom. The number of hydrogen-bond acceptors (Lipinski definition) is 5. The second-order valence-corrected chi connectivity index (χ2v) is 6.63. The van der Waals surface area contributed by atoms with E-state index in [2.05, 4.69) is 0 Å². The maximum absolute atomic E-state index is 12.5. The summed E-state index contributed by atoms with van der Waals surface area (Å²) in [6, 6.07) is -0.644. The predicted molar refractivity (Wildman–Crippen MR) is 81.5 cm³/mol. The van der Waals surface area contributed by atoms with Gasteiger partial charge >= 0.3 is 12.2 Å². The van der Waals surface area contributed by atoms with Crippen LogP contribution in [-0.4, -0.2) is 66.1 Å². The molecule has 1 fully saturated rings. The van der Waals surface area contributed by atoms with Gasteiger partial charge in [-0.2, -0.15) is 0 Å². The first kappa shape index (κ1) is 16.9. The Hall–Kier alpha value is -1.50. The smallest absolute Gasteiger partial charge is 0.412 e. The van der Waals surface area contributed by atoms with Crippen LogP contribution in [0.2, 0.25) is 0 Å². The topological polar surface area (TPSA) is 68.3 Å². The van der Waals surface area contributed by atoms with Crippen molar-refractivity contribution in [1.29, 1.82) is 0 Å². The van der Waals surface area contributed by atoms with E-state index in [9.17, 15) is 9.59 Å². The van der Waals surface area contributed by atoms with Crippen molar-refractivity contribution in [3.63, 3.8) is 0 Å². The molecule has 2 amide bonds. The van der Waals surface area contributed by atoms with Gasteiger partial charge in [0.2, 0.25) is 0 Å². The van der Waals surface area contributed by atoms with E-state index in [0.717, 1.165) is 4.90 Å². The summed E-state index contributed by atoms with van der Waals surface area (Å²) in [4.78, 5) is 26.9. The van der Waals surface area contributed by atoms with Gasteiger partial charge in [0.15, 0.2) is 0 Å². The molecule has 0 aliphatic carbocycles. The lowest BCUT2D eigenvalue weighted by Gasteiger charge is -2.36. The molecule has 7 nitrogen and oxygen atoms in total. The highest BCUT2D eigenvalue weighted by atomic mass is 16.6. The summed E-state index contributed by atoms with van der Waals surface area (Å²) < 4.78 is 24.3. The highest BCUT2D eigenvalue weighted by Crippen LogP contribution is 2.29. The summed E-state index contributed by atoms with van der Waals surface area (Å²) in [6.45, 7) is 9.80. The van der Waals surface area contributed by atoms with Crippen molar-refractivity contribution in [1.82, 2.24) is 9.80 Å². The van der Waals surface area contributed by atoms with Crippen LogP contribution in [0.15, 0.2) is 0 Å². The molecule has 0 aromatic carbocycles. The Morgan fingerprint density at radius 1 is 1.45 bits per heavy atom. The zero-order chi connectivity index (χ0) is 18.0. The third kappa shape index (κ3) is 4.76. The minimum atomic E-state index is -1.02. The molecule has 0 aromatic rings. The van der Waals surface area contributed by atoms with Crippen molar-refractivity contribution in [3.8, 4) is 0 Å². The van der Waals surface area contributed by atoms with Gasteiger partial charge < -0.3 is 19.1 Å². The number of amides is 2. The van der Waals surface area contributed by atoms with Gasteiger partial charge in [-0.3, -0.25) is 4.90 Å². The second-order valence-electron chi connectivity index (χ2n) is 6.63. The summed E-state index contributed by atoms with van der Waals surface area (Å²) >= 11 is 0. The maximum atomic E-state index is 12.5. The Morgan fingerprint density at radius 3 is 2.55 bits per heavy atom. The van der Waals surface area contributed by atoms with Crippen LogP contribution in [0.3, 0.4) is 0 Å². The van der Waals surface area contributed by atoms with E-state index in [1.807, 2.05) is 0 Å². The molecule has 1 aliphatic heterocycles. The van der Waals surface area contributed by atoms with E-state index in [0.29, 0.717) is 0 Å². The number of nitrogens with zero attached hydrogens (tertiary/aromatic N) is 2. The van der Waals surface area contributed by atoms with Crippen LogP contribution in [0.4, 0.5) is 9.59 Å². The Kier molecular flexibility index (Phi) is 5.16. The zero-order valence-electron chi connectivity index (χ0n) is 15.5. The highest BCUT2D eigenvalue weighted by Gasteiger charge is 2.46. The molecule has 1 rings (SSSR count). The summed E-state index contributed by atoms with van der Waals surface area (Å²) in [5, 5.41) is 0. The molecular formula is C15H28N2O5. The normalized spacial score (nSPS) is 22.8. The van der Waals surface area contributed by atoms with Gasteiger partial charge in [0.25, 0.3) is 0 Å². The van der Waals surface area contributed by atoms with Gasteiger partial charge in [-0.15, -0.1) is 0 Å². The number of ether oxygens (including phenoxy) is 3. The van der Waals surface area contributed by atoms with E-state index < -0.39 is 36.1 Å². The fourth-order valence-electron chi connectivity index (χ4n) is 2.15. The molecule has 0 radical (unpaired) electrons. The van der Waals surface area contributed by atoms with E-state index in [-0.39, 0.29) is 13.2 Å². The average molecular weight is 317 g/mol. The monoisotopic (exact) mass is 317 g/mol. The molecule has 1 heterocycles. The molecule has 0 saturated carbocycles. The van der Waals surface area contributed by atoms with Crippen molar-refractivity contribution in [2.45, 2.75) is 58.9 Å². The minimum Gasteiger partial charge on any atom is -0.450 e. The van der Waals surface area contributed by atoms with Gasteiger partial charge in [0.05, 0.1) is 20.6 Å². The largest absolute Gasteiger partial charge is 0.450 e. The maximum Gasteiger partial charge on any atom is 0.412 e. The molecule has 128 valence electrons. The van der Waals surface area contributed by atoms with Gasteiger partial charge in [0, 0.05) is 13.6 Å². The quantitative estimate of drug-likeness (QED) is 0.800. The third-order valence-electron chi connectivity index (χ3n) is 3.06. The summed E-state index contributed by atoms with van der Waals surface area (Å²) in [5.41, 5.74) is -1.58. The van der Waals surface area contributed by atoms with E-state index >= 15 is 0 Å². The van der Waals surface area contributed by atoms with Gasteiger partial charge in [-0.05, 0) is 41.5 Å². The summed E-state index contributed by atoms with van der Waals surface area (Å²) in [7, 11) is 1.47. The highest BCUT2D eigenvalue weighted by molar-refractivity contribution is 5.70. The molecule has 2 atom stereocenters. The van der Waals surface area contributed by atoms with Crippen LogP contribution < -0.4 is 0 Å². The Bertz CT molecular complexity index is 450. The van der Waals surface area contributed by atoms with E-state index in [4.69, 9.17) is 15.6 Å². The first-order chi connectivity index (χ1) is 10.4. The van der Waals surface area contributed by atoms with Crippen molar-refractivity contribution in [3.05, 3.63) is 0 Å². The fraction of sp³-hybridized carbons (Fsp3) is 0.867. The second kappa shape index (κ2) is 6.73. The number of rotatable bonds is 3. The molecular weight excluding hydrogens is 288 g/mol. The van der Waals surface area contributed by atoms with Crippen LogP contribution >= 0.6 is 0 Å². The van der Waals surface area contributed by atoms with Crippen LogP contribution in [0.1, 0.15) is 42.9 Å². The molecule has 22 heavy (non-hydrogen) atoms. The van der Waals surface area contributed by atoms with Crippen molar-refractivity contribution in [2.75, 3.05) is 26.8 Å². The van der Waals surface area contributed by atoms with Crippen LogP contribution in [0, 0.1) is 0 Å². The number of carbonyl (C=O) groups is 2. The van der Waals surface area contributed by atoms with Crippen molar-refractivity contribution in [2.24, 2.45) is 0 Å². The summed E-state index contributed by atoms with van der Waals surface area (Å²) in [5.74, 6) is 0. The fourth-order valence-corrected chi connectivity index (χ4v) is 2.15. The third-order valence-corrected chi connectivity index (χ3v) is 3.06. The average Bonchev–Trinajstić information content (AvgIpc) is 2.71. The SMILES string of the molecule is [2H][C@H]([C@@H]1COC(C)(C)N1C(=O)OC(C)(C)C)N(C)C(=O)OCC. The number of hydrogen-bond donors (Lipinski definition) is 0. The van der Waals surface area contributed by atoms with Crippen LogP contribution in [-0.2, 0) is 14.2 Å². The lowest BCUT2D eigenvalue weighted by atomic mass is 10.2. The molecule has 7 heteroatoms. The minimum absolute atomic E-state index is 0.143. The standard InChI is InChI=1S/C15H28N2O5/c1-8-20-12(18)16(7)9-11-10-21-15(5,6)17(11)13(19)22-14(2,3)4/h11H,8-10H2,1-7H3/t11-/m1/s1/i9D/t9-,11-. The molecule has 0 aromatic heterocycles. The van der Waals surface area contributed by atoms with E-state index in [1.54, 1.807) is 41.5 Å². The number of likely N-dealkylation sites (N-methyl/N-ethyl adjacent to an activating group) is 1. The lowest BCUT2D eigenvalue weighted by molar-refractivity contribution is -0.0631. The Balaban J connectivity index is 2.95. The van der Waals surface area contributed by atoms with Crippen LogP contribution in [0.25, 0.3) is 0 Å². The van der Waals surface area contributed by atoms with Crippen LogP contribution in [0.5, 0.6) is 0 Å². The predicted octanol–water partition coefficient (Wildman–Crippen LogP) is 2.45. The van der Waals surface area contributed by atoms with Crippen molar-refractivity contribution >= 4 is 12.2 Å². The first-order valence-corrected chi connectivity index (χ1v) is 7.39. The van der Waals surface area contributed by atoms with Crippen molar-refractivity contribution < 1.29 is 25.2 Å². The molecule has 0 N–H and O–H groups in total. The first-order valence-electron chi connectivity index (χ1n) is 7.96. The van der Waals surface area contributed by atoms with Gasteiger partial charge in [-0.25, -0.2) is 9.59 Å². The molecule has 1 saturated heterocycles. The molecule has 0 bridgehead atoms. The van der Waals surface area contributed by atoms with Gasteiger partial charge in [-0.1, -0.05) is 0 Å². The molecule has 1 aliphatic rings. The van der Waals surface area contributed by atoms with E-state index in [1.165, 1.54) is 11.9 Å². The molecule has 0 spiro atoms. The van der Waals surface area contributed by atoms with Gasteiger partial charge in [0.1, 0.15) is 11.3 Å². The molecule has 0 unspecified atom stereocenters. The lowest BCUT2D eigenvalue weighted by Crippen LogP contribution is -2.53. The zero-order valence-corrected chi connectivity index (χ0v) is 14.5.